The van der Waals surface area contributed by atoms with E-state index in [4.69, 9.17) is 9.47 Å². The summed E-state index contributed by atoms with van der Waals surface area (Å²) < 4.78 is 10.5. The third-order valence-electron chi connectivity index (χ3n) is 3.90. The van der Waals surface area contributed by atoms with Crippen molar-refractivity contribution >= 4 is 5.97 Å². The van der Waals surface area contributed by atoms with Crippen molar-refractivity contribution in [2.24, 2.45) is 0 Å². The number of rotatable bonds is 6. The van der Waals surface area contributed by atoms with Crippen LogP contribution in [0.15, 0.2) is 30.3 Å². The summed E-state index contributed by atoms with van der Waals surface area (Å²) in [7, 11) is 1.65. The van der Waals surface area contributed by atoms with E-state index in [-0.39, 0.29) is 5.97 Å². The number of benzene rings is 1. The van der Waals surface area contributed by atoms with Crippen LogP contribution in [0.4, 0.5) is 0 Å². The number of hydrogen-bond acceptors (Lipinski definition) is 4. The Balaban J connectivity index is 2.09. The minimum Gasteiger partial charge on any atom is -0.465 e. The first-order chi connectivity index (χ1) is 9.79. The predicted molar refractivity (Wildman–Crippen MR) is 77.7 cm³/mol. The topological polar surface area (TPSA) is 47.6 Å². The Morgan fingerprint density at radius 1 is 1.20 bits per heavy atom. The van der Waals surface area contributed by atoms with Crippen LogP contribution in [0.25, 0.3) is 0 Å². The highest BCUT2D eigenvalue weighted by Crippen LogP contribution is 2.34. The number of hydrogen-bond donors (Lipinski definition) is 1. The molecule has 0 aliphatic carbocycles. The number of carbonyl (C=O) groups is 1. The van der Waals surface area contributed by atoms with Crippen molar-refractivity contribution in [2.45, 2.75) is 24.7 Å². The van der Waals surface area contributed by atoms with Crippen LogP contribution < -0.4 is 5.32 Å². The first-order valence-electron chi connectivity index (χ1n) is 7.22. The molecule has 1 aliphatic heterocycles. The summed E-state index contributed by atoms with van der Waals surface area (Å²) in [5.74, 6) is -0.0960. The number of carbonyl (C=O) groups excluding carboxylic acids is 1. The van der Waals surface area contributed by atoms with E-state index in [0.29, 0.717) is 13.2 Å². The first kappa shape index (κ1) is 15.0. The summed E-state index contributed by atoms with van der Waals surface area (Å²) in [5.41, 5.74) is 0.581. The molecule has 0 aromatic heterocycles. The van der Waals surface area contributed by atoms with Crippen LogP contribution in [0.5, 0.6) is 0 Å². The zero-order chi connectivity index (χ0) is 14.3. The highest BCUT2D eigenvalue weighted by atomic mass is 16.5. The summed E-state index contributed by atoms with van der Waals surface area (Å²) in [6.45, 7) is 2.74. The van der Waals surface area contributed by atoms with E-state index < -0.39 is 5.41 Å². The molecule has 1 heterocycles. The molecule has 0 radical (unpaired) electrons. The van der Waals surface area contributed by atoms with E-state index in [0.717, 1.165) is 37.9 Å². The Kier molecular flexibility index (Phi) is 5.56. The predicted octanol–water partition coefficient (Wildman–Crippen LogP) is 1.89. The zero-order valence-corrected chi connectivity index (χ0v) is 12.1. The van der Waals surface area contributed by atoms with Crippen LogP contribution in [-0.4, -0.2) is 39.4 Å². The average molecular weight is 277 g/mol. The standard InChI is InChI=1S/C16H23NO3/c1-19-12-5-13-20-15(18)16(8-10-17-11-9-16)14-6-3-2-4-7-14/h2-4,6-7,17H,5,8-13H2,1H3. The van der Waals surface area contributed by atoms with Gasteiger partial charge in [-0.25, -0.2) is 0 Å². The Hall–Kier alpha value is -1.39. The Labute approximate surface area is 120 Å². The van der Waals surface area contributed by atoms with Crippen LogP contribution in [0.2, 0.25) is 0 Å². The number of nitrogens with one attached hydrogen (secondary N) is 1. The highest BCUT2D eigenvalue weighted by molar-refractivity contribution is 5.83. The minimum absolute atomic E-state index is 0.0960. The van der Waals surface area contributed by atoms with Crippen LogP contribution >= 0.6 is 0 Å². The van der Waals surface area contributed by atoms with Crippen LogP contribution in [0, 0.1) is 0 Å². The zero-order valence-electron chi connectivity index (χ0n) is 12.1. The molecule has 0 bridgehead atoms. The van der Waals surface area contributed by atoms with Gasteiger partial charge in [0.1, 0.15) is 0 Å². The summed E-state index contributed by atoms with van der Waals surface area (Å²) in [6, 6.07) is 10.0. The molecule has 0 unspecified atom stereocenters. The van der Waals surface area contributed by atoms with Crippen LogP contribution in [0.1, 0.15) is 24.8 Å². The van der Waals surface area contributed by atoms with Gasteiger partial charge in [0.2, 0.25) is 0 Å². The number of methoxy groups -OCH3 is 1. The van der Waals surface area contributed by atoms with Crippen molar-refractivity contribution in [1.82, 2.24) is 5.32 Å². The molecule has 2 rings (SSSR count). The van der Waals surface area contributed by atoms with Gasteiger partial charge in [-0.1, -0.05) is 30.3 Å². The maximum absolute atomic E-state index is 12.6. The number of esters is 1. The van der Waals surface area contributed by atoms with Crippen molar-refractivity contribution in [2.75, 3.05) is 33.4 Å². The number of piperidine rings is 1. The van der Waals surface area contributed by atoms with Crippen molar-refractivity contribution in [3.05, 3.63) is 35.9 Å². The summed E-state index contributed by atoms with van der Waals surface area (Å²) in [6.07, 6.45) is 2.33. The first-order valence-corrected chi connectivity index (χ1v) is 7.22. The molecule has 1 N–H and O–H groups in total. The summed E-state index contributed by atoms with van der Waals surface area (Å²) in [4.78, 5) is 12.6. The Morgan fingerprint density at radius 2 is 1.90 bits per heavy atom. The highest BCUT2D eigenvalue weighted by Gasteiger charge is 2.42. The number of ether oxygens (including phenoxy) is 2. The fraction of sp³-hybridized carbons (Fsp3) is 0.562. The molecule has 1 aromatic carbocycles. The molecule has 20 heavy (non-hydrogen) atoms. The third-order valence-corrected chi connectivity index (χ3v) is 3.90. The maximum Gasteiger partial charge on any atom is 0.316 e. The van der Waals surface area contributed by atoms with Gasteiger partial charge >= 0.3 is 5.97 Å². The summed E-state index contributed by atoms with van der Waals surface area (Å²) >= 11 is 0. The van der Waals surface area contributed by atoms with Gasteiger partial charge < -0.3 is 14.8 Å². The van der Waals surface area contributed by atoms with Crippen LogP contribution in [-0.2, 0) is 19.7 Å². The lowest BCUT2D eigenvalue weighted by atomic mass is 9.73. The van der Waals surface area contributed by atoms with Crippen LogP contribution in [0.3, 0.4) is 0 Å². The molecule has 110 valence electrons. The lowest BCUT2D eigenvalue weighted by Gasteiger charge is -2.35. The molecule has 1 saturated heterocycles. The van der Waals surface area contributed by atoms with Gasteiger partial charge in [0.05, 0.1) is 12.0 Å². The second-order valence-electron chi connectivity index (χ2n) is 5.18. The van der Waals surface area contributed by atoms with Crippen molar-refractivity contribution in [3.8, 4) is 0 Å². The molecule has 1 fully saturated rings. The molecule has 1 aromatic rings. The summed E-state index contributed by atoms with van der Waals surface area (Å²) in [5, 5.41) is 3.31. The van der Waals surface area contributed by atoms with E-state index >= 15 is 0 Å². The molecule has 4 heteroatoms. The molecule has 0 saturated carbocycles. The largest absolute Gasteiger partial charge is 0.465 e. The quantitative estimate of drug-likeness (QED) is 0.637. The third kappa shape index (κ3) is 3.38. The van der Waals surface area contributed by atoms with E-state index in [9.17, 15) is 4.79 Å². The lowest BCUT2D eigenvalue weighted by molar-refractivity contribution is -0.152. The van der Waals surface area contributed by atoms with E-state index in [2.05, 4.69) is 5.32 Å². The van der Waals surface area contributed by atoms with Crippen molar-refractivity contribution in [3.63, 3.8) is 0 Å². The SMILES string of the molecule is COCCCOC(=O)C1(c2ccccc2)CCNCC1. The van der Waals surface area contributed by atoms with E-state index in [1.54, 1.807) is 7.11 Å². The minimum atomic E-state index is -0.487. The van der Waals surface area contributed by atoms with Gasteiger partial charge in [-0.2, -0.15) is 0 Å². The second-order valence-corrected chi connectivity index (χ2v) is 5.18. The normalized spacial score (nSPS) is 17.6. The van der Waals surface area contributed by atoms with Gasteiger partial charge in [-0.15, -0.1) is 0 Å². The monoisotopic (exact) mass is 277 g/mol. The smallest absolute Gasteiger partial charge is 0.316 e. The Bertz CT molecular complexity index is 413. The maximum atomic E-state index is 12.6. The molecular weight excluding hydrogens is 254 g/mol. The molecule has 4 nitrogen and oxygen atoms in total. The molecule has 0 atom stereocenters. The van der Waals surface area contributed by atoms with Gasteiger partial charge in [-0.3, -0.25) is 4.79 Å². The van der Waals surface area contributed by atoms with E-state index in [1.807, 2.05) is 30.3 Å². The van der Waals surface area contributed by atoms with Gasteiger partial charge in [0.25, 0.3) is 0 Å². The van der Waals surface area contributed by atoms with Gasteiger partial charge in [-0.05, 0) is 31.5 Å². The molecular formula is C16H23NO3. The molecule has 0 amide bonds. The van der Waals surface area contributed by atoms with Gasteiger partial charge in [0, 0.05) is 20.1 Å². The molecule has 1 aliphatic rings. The van der Waals surface area contributed by atoms with E-state index in [1.165, 1.54) is 0 Å². The van der Waals surface area contributed by atoms with Crippen molar-refractivity contribution in [1.29, 1.82) is 0 Å². The fourth-order valence-electron chi connectivity index (χ4n) is 2.73. The Morgan fingerprint density at radius 3 is 2.55 bits per heavy atom. The fourth-order valence-corrected chi connectivity index (χ4v) is 2.73. The lowest BCUT2D eigenvalue weighted by Crippen LogP contribution is -2.46. The average Bonchev–Trinajstić information content (AvgIpc) is 2.53. The molecule has 0 spiro atoms. The second kappa shape index (κ2) is 7.41. The van der Waals surface area contributed by atoms with Gasteiger partial charge in [0.15, 0.2) is 0 Å². The van der Waals surface area contributed by atoms with Crippen molar-refractivity contribution < 1.29 is 14.3 Å².